The van der Waals surface area contributed by atoms with Gasteiger partial charge in [0.25, 0.3) is 5.69 Å². The minimum Gasteiger partial charge on any atom is -0.309 e. The molecule has 90 valence electrons. The first-order chi connectivity index (χ1) is 8.04. The van der Waals surface area contributed by atoms with Crippen LogP contribution in [0.2, 0.25) is 0 Å². The normalized spacial score (nSPS) is 10.2. The molecule has 17 heavy (non-hydrogen) atoms. The molecule has 0 atom stereocenters. The molecule has 0 aliphatic heterocycles. The zero-order valence-corrected chi connectivity index (χ0v) is 10.5. The van der Waals surface area contributed by atoms with Crippen molar-refractivity contribution in [3.8, 4) is 6.07 Å². The number of nitro groups is 1. The van der Waals surface area contributed by atoms with E-state index in [0.29, 0.717) is 0 Å². The monoisotopic (exact) mass is 251 g/mol. The highest BCUT2D eigenvalue weighted by molar-refractivity contribution is 7.99. The van der Waals surface area contributed by atoms with Gasteiger partial charge in [-0.1, -0.05) is 0 Å². The molecule has 0 radical (unpaired) electrons. The Labute approximate surface area is 104 Å². The predicted molar refractivity (Wildman–Crippen MR) is 67.1 cm³/mol. The van der Waals surface area contributed by atoms with Gasteiger partial charge in [-0.2, -0.15) is 5.26 Å². The summed E-state index contributed by atoms with van der Waals surface area (Å²) in [4.78, 5) is 13.0. The molecule has 1 rings (SSSR count). The summed E-state index contributed by atoms with van der Waals surface area (Å²) >= 11 is 1.58. The summed E-state index contributed by atoms with van der Waals surface area (Å²) in [6, 6.07) is 6.48. The Morgan fingerprint density at radius 1 is 1.53 bits per heavy atom. The van der Waals surface area contributed by atoms with Gasteiger partial charge in [0.1, 0.15) is 11.6 Å². The van der Waals surface area contributed by atoms with Gasteiger partial charge in [-0.15, -0.1) is 11.8 Å². The fourth-order valence-corrected chi connectivity index (χ4v) is 2.26. The molecule has 0 N–H and O–H groups in total. The van der Waals surface area contributed by atoms with Crippen LogP contribution in [0.3, 0.4) is 0 Å². The fraction of sp³-hybridized carbons (Fsp3) is 0.364. The molecule has 0 fully saturated rings. The van der Waals surface area contributed by atoms with Gasteiger partial charge in [-0.25, -0.2) is 0 Å². The minimum atomic E-state index is -0.535. The Hall–Kier alpha value is -1.58. The number of thioether (sulfide) groups is 1. The molecule has 0 saturated heterocycles. The van der Waals surface area contributed by atoms with E-state index in [0.717, 1.165) is 17.2 Å². The molecule has 0 unspecified atom stereocenters. The summed E-state index contributed by atoms with van der Waals surface area (Å²) in [7, 11) is 3.97. The van der Waals surface area contributed by atoms with Crippen molar-refractivity contribution in [1.29, 1.82) is 5.26 Å². The van der Waals surface area contributed by atoms with Gasteiger partial charge < -0.3 is 4.90 Å². The summed E-state index contributed by atoms with van der Waals surface area (Å²) in [5.41, 5.74) is -0.0192. The first-order valence-electron chi connectivity index (χ1n) is 5.00. The van der Waals surface area contributed by atoms with Gasteiger partial charge in [0.15, 0.2) is 0 Å². The molecule has 0 spiro atoms. The molecule has 5 nitrogen and oxygen atoms in total. The van der Waals surface area contributed by atoms with E-state index in [4.69, 9.17) is 5.26 Å². The lowest BCUT2D eigenvalue weighted by molar-refractivity contribution is -0.385. The lowest BCUT2D eigenvalue weighted by Crippen LogP contribution is -2.14. The van der Waals surface area contributed by atoms with Gasteiger partial charge >= 0.3 is 0 Å². The first-order valence-corrected chi connectivity index (χ1v) is 5.99. The molecule has 0 aromatic heterocycles. The molecule has 1 aromatic carbocycles. The summed E-state index contributed by atoms with van der Waals surface area (Å²) in [6.45, 7) is 0.920. The molecule has 1 aromatic rings. The highest BCUT2D eigenvalue weighted by Crippen LogP contribution is 2.25. The number of nitrogens with zero attached hydrogens (tertiary/aromatic N) is 3. The summed E-state index contributed by atoms with van der Waals surface area (Å²) < 4.78 is 0. The Morgan fingerprint density at radius 2 is 2.24 bits per heavy atom. The average molecular weight is 251 g/mol. The third-order valence-corrected chi connectivity index (χ3v) is 3.07. The molecule has 0 bridgehead atoms. The number of hydrogen-bond acceptors (Lipinski definition) is 5. The zero-order valence-electron chi connectivity index (χ0n) is 9.71. The largest absolute Gasteiger partial charge is 0.309 e. The molecular formula is C11H13N3O2S. The van der Waals surface area contributed by atoms with Crippen molar-refractivity contribution in [1.82, 2.24) is 4.90 Å². The van der Waals surface area contributed by atoms with Gasteiger partial charge in [-0.05, 0) is 26.2 Å². The molecule has 0 saturated carbocycles. The lowest BCUT2D eigenvalue weighted by Gasteiger charge is -2.08. The number of benzene rings is 1. The van der Waals surface area contributed by atoms with E-state index in [2.05, 4.69) is 4.90 Å². The van der Waals surface area contributed by atoms with Crippen molar-refractivity contribution in [3.05, 3.63) is 33.9 Å². The second-order valence-corrected chi connectivity index (χ2v) is 4.87. The van der Waals surface area contributed by atoms with Crippen molar-refractivity contribution in [2.24, 2.45) is 0 Å². The van der Waals surface area contributed by atoms with Crippen LogP contribution in [-0.2, 0) is 0 Å². The number of rotatable bonds is 5. The molecule has 0 heterocycles. The topological polar surface area (TPSA) is 70.2 Å². The van der Waals surface area contributed by atoms with Crippen molar-refractivity contribution >= 4 is 17.4 Å². The second-order valence-electron chi connectivity index (χ2n) is 3.70. The summed E-state index contributed by atoms with van der Waals surface area (Å²) in [6.07, 6.45) is 0. The summed E-state index contributed by atoms with van der Waals surface area (Å²) in [5.74, 6) is 0.885. The third-order valence-electron chi connectivity index (χ3n) is 2.09. The number of hydrogen-bond donors (Lipinski definition) is 0. The van der Waals surface area contributed by atoms with Crippen molar-refractivity contribution in [2.45, 2.75) is 4.90 Å². The quantitative estimate of drug-likeness (QED) is 0.455. The molecule has 0 aliphatic rings. The van der Waals surface area contributed by atoms with Crippen LogP contribution < -0.4 is 0 Å². The van der Waals surface area contributed by atoms with E-state index < -0.39 is 4.92 Å². The highest BCUT2D eigenvalue weighted by atomic mass is 32.2. The second kappa shape index (κ2) is 6.23. The van der Waals surface area contributed by atoms with E-state index in [1.165, 1.54) is 6.07 Å². The fourth-order valence-electron chi connectivity index (χ4n) is 1.20. The minimum absolute atomic E-state index is 0.116. The first kappa shape index (κ1) is 13.5. The zero-order chi connectivity index (χ0) is 12.8. The van der Waals surface area contributed by atoms with Crippen LogP contribution in [0.25, 0.3) is 0 Å². The maximum absolute atomic E-state index is 10.6. The van der Waals surface area contributed by atoms with Gasteiger partial charge in [0.05, 0.1) is 4.92 Å². The van der Waals surface area contributed by atoms with Crippen LogP contribution >= 0.6 is 11.8 Å². The van der Waals surface area contributed by atoms with Crippen molar-refractivity contribution in [3.63, 3.8) is 0 Å². The van der Waals surface area contributed by atoms with Gasteiger partial charge in [0.2, 0.25) is 0 Å². The highest BCUT2D eigenvalue weighted by Gasteiger charge is 2.13. The lowest BCUT2D eigenvalue weighted by atomic mass is 10.2. The van der Waals surface area contributed by atoms with Crippen LogP contribution in [0.5, 0.6) is 0 Å². The Bertz CT molecular complexity index is 455. The molecular weight excluding hydrogens is 238 g/mol. The van der Waals surface area contributed by atoms with E-state index in [1.54, 1.807) is 23.9 Å². The maximum Gasteiger partial charge on any atom is 0.287 e. The van der Waals surface area contributed by atoms with Crippen LogP contribution in [0.1, 0.15) is 5.56 Å². The maximum atomic E-state index is 10.6. The Kier molecular flexibility index (Phi) is 4.94. The van der Waals surface area contributed by atoms with Crippen LogP contribution in [0, 0.1) is 21.4 Å². The number of nitro benzene ring substituents is 1. The van der Waals surface area contributed by atoms with E-state index in [9.17, 15) is 10.1 Å². The van der Waals surface area contributed by atoms with Crippen LogP contribution in [0.4, 0.5) is 5.69 Å². The molecule has 6 heteroatoms. The van der Waals surface area contributed by atoms with Crippen LogP contribution in [0.15, 0.2) is 23.1 Å². The van der Waals surface area contributed by atoms with Crippen molar-refractivity contribution in [2.75, 3.05) is 26.4 Å². The van der Waals surface area contributed by atoms with E-state index in [1.807, 2.05) is 20.2 Å². The predicted octanol–water partition coefficient (Wildman–Crippen LogP) is 2.12. The smallest absolute Gasteiger partial charge is 0.287 e. The van der Waals surface area contributed by atoms with E-state index >= 15 is 0 Å². The van der Waals surface area contributed by atoms with E-state index in [-0.39, 0.29) is 11.3 Å². The third kappa shape index (κ3) is 4.06. The van der Waals surface area contributed by atoms with Crippen LogP contribution in [-0.4, -0.2) is 36.2 Å². The molecule has 0 amide bonds. The Balaban J connectivity index is 2.77. The Morgan fingerprint density at radius 3 is 2.76 bits per heavy atom. The SMILES string of the molecule is CN(C)CCSc1ccc([N+](=O)[O-])c(C#N)c1. The van der Waals surface area contributed by atoms with Gasteiger partial charge in [-0.3, -0.25) is 10.1 Å². The average Bonchev–Trinajstić information content (AvgIpc) is 2.28. The standard InChI is InChI=1S/C11H13N3O2S/c1-13(2)5-6-17-10-3-4-11(14(15)16)9(7-10)8-12/h3-4,7H,5-6H2,1-2H3. The molecule has 0 aliphatic carbocycles. The number of nitriles is 1. The van der Waals surface area contributed by atoms with Gasteiger partial charge in [0, 0.05) is 23.3 Å². The summed E-state index contributed by atoms with van der Waals surface area (Å²) in [5, 5.41) is 19.5. The van der Waals surface area contributed by atoms with Crippen molar-refractivity contribution < 1.29 is 4.92 Å².